The molecule has 58 heavy (non-hydrogen) atoms. The van der Waals surface area contributed by atoms with E-state index in [0.29, 0.717) is 0 Å². The molecule has 2 atom stereocenters. The fourth-order valence-electron chi connectivity index (χ4n) is 7.00. The third kappa shape index (κ3) is 13.6. The molecule has 0 saturated carbocycles. The van der Waals surface area contributed by atoms with E-state index in [1.165, 1.54) is 87.3 Å². The third-order valence-corrected chi connectivity index (χ3v) is 14.0. The van der Waals surface area contributed by atoms with Gasteiger partial charge < -0.3 is 9.41 Å². The minimum absolute atomic E-state index is 0. The van der Waals surface area contributed by atoms with Gasteiger partial charge in [-0.25, -0.2) is 11.1 Å². The van der Waals surface area contributed by atoms with Gasteiger partial charge in [0.05, 0.1) is 0 Å². The van der Waals surface area contributed by atoms with Gasteiger partial charge in [-0.05, 0) is 35.6 Å². The number of halogens is 2. The van der Waals surface area contributed by atoms with Crippen LogP contribution in [0.1, 0.15) is 80.4 Å². The van der Waals surface area contributed by atoms with Crippen LogP contribution < -0.4 is 30.6 Å². The Morgan fingerprint density at radius 3 is 1.02 bits per heavy atom. The molecule has 0 spiro atoms. The van der Waals surface area contributed by atoms with Crippen molar-refractivity contribution in [2.45, 2.75) is 83.1 Å². The molecule has 8 rings (SSSR count). The first-order chi connectivity index (χ1) is 25.6. The Hall–Kier alpha value is -2.79. The molecule has 0 saturated heterocycles. The molecule has 0 N–H and O–H groups in total. The van der Waals surface area contributed by atoms with Gasteiger partial charge in [-0.3, -0.25) is 12.2 Å². The minimum Gasteiger partial charge on any atom is -1.00 e. The van der Waals surface area contributed by atoms with Gasteiger partial charge in [-0.1, -0.05) is 144 Å². The van der Waals surface area contributed by atoms with Gasteiger partial charge in [-0.15, -0.1) is 94.5 Å². The van der Waals surface area contributed by atoms with Crippen LogP contribution in [0, 0.1) is 36.8 Å². The smallest absolute Gasteiger partial charge is 1.00 e. The van der Waals surface area contributed by atoms with Gasteiger partial charge in [0.1, 0.15) is 0 Å². The zero-order valence-electron chi connectivity index (χ0n) is 36.3. The van der Waals surface area contributed by atoms with E-state index in [0.717, 1.165) is 17.2 Å². The average molecular weight is 879 g/mol. The van der Waals surface area contributed by atoms with Crippen molar-refractivity contribution in [3.8, 4) is 0 Å². The molecule has 2 aliphatic rings. The molecule has 0 bridgehead atoms. The Balaban J connectivity index is 0.000000390. The Labute approximate surface area is 382 Å². The first kappa shape index (κ1) is 53.2. The second kappa shape index (κ2) is 23.3. The van der Waals surface area contributed by atoms with Gasteiger partial charge in [0.25, 0.3) is 0 Å². The molecule has 6 heteroatoms. The van der Waals surface area contributed by atoms with Crippen molar-refractivity contribution in [3.63, 3.8) is 0 Å². The van der Waals surface area contributed by atoms with E-state index < -0.39 is 0 Å². The van der Waals surface area contributed by atoms with Crippen LogP contribution in [0.4, 0.5) is 0 Å². The predicted molar refractivity (Wildman–Crippen MR) is 246 cm³/mol. The summed E-state index contributed by atoms with van der Waals surface area (Å²) in [6, 6.07) is 43.6. The number of rotatable bonds is 4. The van der Waals surface area contributed by atoms with Crippen LogP contribution in [-0.2, 0) is 43.4 Å². The van der Waals surface area contributed by atoms with Crippen LogP contribution in [-0.4, -0.2) is 0 Å². The quantitative estimate of drug-likeness (QED) is 0.0999. The van der Waals surface area contributed by atoms with Crippen LogP contribution in [0.3, 0.4) is 0 Å². The van der Waals surface area contributed by atoms with E-state index in [4.69, 9.17) is 0 Å². The summed E-state index contributed by atoms with van der Waals surface area (Å²) in [6.45, 7) is 26.2. The van der Waals surface area contributed by atoms with Crippen molar-refractivity contribution in [1.29, 1.82) is 0 Å². The zero-order chi connectivity index (χ0) is 39.2. The number of hydrogen-bond donors (Lipinski definition) is 0. The Morgan fingerprint density at radius 2 is 0.759 bits per heavy atom. The fourth-order valence-corrected chi connectivity index (χ4v) is 9.45. The molecule has 2 aliphatic carbocycles. The minimum atomic E-state index is 0. The molecular formula is C52H58F2P2Ti2-2. The molecule has 0 aromatic heterocycles. The molecule has 0 amide bonds. The van der Waals surface area contributed by atoms with Gasteiger partial charge in [0.15, 0.2) is 0 Å². The van der Waals surface area contributed by atoms with E-state index in [2.05, 4.69) is 217 Å². The van der Waals surface area contributed by atoms with Gasteiger partial charge in [0.2, 0.25) is 0 Å². The molecule has 6 aromatic rings. The van der Waals surface area contributed by atoms with Crippen molar-refractivity contribution in [2.24, 2.45) is 10.8 Å². The summed E-state index contributed by atoms with van der Waals surface area (Å²) in [5.41, 5.74) is 11.6. The number of aryl methyl sites for hydroxylation is 2. The van der Waals surface area contributed by atoms with E-state index in [1.54, 1.807) is 0 Å². The van der Waals surface area contributed by atoms with Crippen molar-refractivity contribution >= 4 is 59.9 Å². The molecule has 0 radical (unpaired) electrons. The van der Waals surface area contributed by atoms with Crippen LogP contribution >= 0.6 is 17.2 Å². The topological polar surface area (TPSA) is 0 Å². The van der Waals surface area contributed by atoms with Crippen molar-refractivity contribution in [2.75, 3.05) is 0 Å². The number of allylic oxidation sites excluding steroid dienone is 8. The molecule has 0 aliphatic heterocycles. The summed E-state index contributed by atoms with van der Waals surface area (Å²) in [5.74, 6) is 0. The largest absolute Gasteiger partial charge is 2.00 e. The van der Waals surface area contributed by atoms with Gasteiger partial charge in [-0.2, -0.15) is 34.4 Å². The third-order valence-electron chi connectivity index (χ3n) is 11.2. The van der Waals surface area contributed by atoms with Crippen LogP contribution in [0.2, 0.25) is 0 Å². The SMILES string of the molecule is CC1=[C-]C(C)(C)C(C)=C1C.CC1=[C-]C(C)(C)C(C)=C1C.Cc1ccccc1Pc1cc2ccccc2[cH-]1.Cc1ccccc1Pc1cc2ccccc2[cH-]1.[F-].[F-].[Ti+2].[Ti+2]. The van der Waals surface area contributed by atoms with Crippen molar-refractivity contribution in [3.05, 3.63) is 178 Å². The Bertz CT molecular complexity index is 2150. The standard InChI is InChI=1S/2C16H14P.2C10H15.2FH.2Ti/c2*1-12-6-2-5-9-16(12)17-15-10-13-7-3-4-8-14(13)11-15;2*1-7-6-10(4,5)9(3)8(7)2;;;;/h2*2-11,17H,1H3;2*1-5H3;2*1H;;/q4*-1;;;2*+2/p-2. The van der Waals surface area contributed by atoms with Crippen LogP contribution in [0.25, 0.3) is 21.5 Å². The predicted octanol–water partition coefficient (Wildman–Crippen LogP) is 7.22. The first-order valence-electron chi connectivity index (χ1n) is 19.1. The van der Waals surface area contributed by atoms with E-state index in [-0.39, 0.29) is 63.7 Å². The second-order valence-electron chi connectivity index (χ2n) is 15.9. The van der Waals surface area contributed by atoms with Crippen LogP contribution in [0.15, 0.2) is 155 Å². The fraction of sp³-hybridized carbons (Fsp3) is 0.269. The number of hydrogen-bond acceptors (Lipinski definition) is 0. The van der Waals surface area contributed by atoms with E-state index in [9.17, 15) is 0 Å². The Morgan fingerprint density at radius 1 is 0.448 bits per heavy atom. The van der Waals surface area contributed by atoms with E-state index in [1.807, 2.05) is 0 Å². The maximum atomic E-state index is 3.44. The summed E-state index contributed by atoms with van der Waals surface area (Å²) >= 11 is 0. The molecule has 300 valence electrons. The summed E-state index contributed by atoms with van der Waals surface area (Å²) < 4.78 is 0. The van der Waals surface area contributed by atoms with E-state index >= 15 is 0 Å². The maximum absolute atomic E-state index is 3.44. The summed E-state index contributed by atoms with van der Waals surface area (Å²) in [4.78, 5) is 0. The normalized spacial score (nSPS) is 14.9. The average Bonchev–Trinajstić information content (AvgIpc) is 3.84. The van der Waals surface area contributed by atoms with Crippen molar-refractivity contribution < 1.29 is 52.8 Å². The Kier molecular flexibility index (Phi) is 21.4. The van der Waals surface area contributed by atoms with Gasteiger partial charge >= 0.3 is 43.4 Å². The second-order valence-corrected chi connectivity index (χ2v) is 18.6. The van der Waals surface area contributed by atoms with Crippen molar-refractivity contribution in [1.82, 2.24) is 0 Å². The monoisotopic (exact) mass is 878 g/mol. The number of benzene rings is 4. The zero-order valence-corrected chi connectivity index (χ0v) is 41.4. The van der Waals surface area contributed by atoms with Crippen LogP contribution in [0.5, 0.6) is 0 Å². The van der Waals surface area contributed by atoms with Gasteiger partial charge in [0, 0.05) is 0 Å². The molecule has 0 fully saturated rings. The molecular weight excluding hydrogens is 820 g/mol. The number of fused-ring (bicyclic) bond motifs is 2. The molecule has 0 heterocycles. The molecule has 6 aromatic carbocycles. The summed E-state index contributed by atoms with van der Waals surface area (Å²) in [6.07, 6.45) is 6.87. The summed E-state index contributed by atoms with van der Waals surface area (Å²) in [5, 5.41) is 11.2. The molecule has 0 nitrogen and oxygen atoms in total. The molecule has 2 unspecified atom stereocenters. The summed E-state index contributed by atoms with van der Waals surface area (Å²) in [7, 11) is 1.52. The first-order valence-corrected chi connectivity index (χ1v) is 21.1. The maximum Gasteiger partial charge on any atom is 2.00 e.